The van der Waals surface area contributed by atoms with Crippen LogP contribution in [0, 0.1) is 11.3 Å². The van der Waals surface area contributed by atoms with E-state index in [0.717, 1.165) is 22.4 Å². The van der Waals surface area contributed by atoms with E-state index in [1.807, 2.05) is 47.4 Å². The lowest BCUT2D eigenvalue weighted by Crippen LogP contribution is -2.21. The third-order valence-electron chi connectivity index (χ3n) is 6.13. The van der Waals surface area contributed by atoms with Crippen molar-refractivity contribution >= 4 is 22.7 Å². The van der Waals surface area contributed by atoms with Gasteiger partial charge in [-0.1, -0.05) is 18.2 Å². The number of anilines is 1. The Morgan fingerprint density at radius 2 is 1.91 bits per heavy atom. The molecule has 0 unspecified atom stereocenters. The molecule has 0 spiro atoms. The first-order chi connectivity index (χ1) is 16.4. The predicted molar refractivity (Wildman–Crippen MR) is 129 cm³/mol. The number of hydrogen-bond acceptors (Lipinski definition) is 5. The van der Waals surface area contributed by atoms with E-state index in [-0.39, 0.29) is 5.91 Å². The number of fused-ring (bicyclic) bond motifs is 1. The summed E-state index contributed by atoms with van der Waals surface area (Å²) in [5.41, 5.74) is 5.66. The number of nitriles is 1. The smallest absolute Gasteiger partial charge is 0.253 e. The van der Waals surface area contributed by atoms with Gasteiger partial charge >= 0.3 is 0 Å². The van der Waals surface area contributed by atoms with Gasteiger partial charge in [-0.3, -0.25) is 9.78 Å². The Hall–Kier alpha value is -4.18. The zero-order valence-electron chi connectivity index (χ0n) is 19.0. The first-order valence-electron chi connectivity index (χ1n) is 11.1. The van der Waals surface area contributed by atoms with E-state index in [2.05, 4.69) is 11.1 Å². The number of alkyl halides is 1. The van der Waals surface area contributed by atoms with Gasteiger partial charge in [-0.2, -0.15) is 5.26 Å². The van der Waals surface area contributed by atoms with Gasteiger partial charge in [0.2, 0.25) is 0 Å². The number of amides is 1. The van der Waals surface area contributed by atoms with Crippen molar-refractivity contribution in [2.45, 2.75) is 12.6 Å². The molecule has 1 atom stereocenters. The maximum Gasteiger partial charge on any atom is 0.253 e. The largest absolute Gasteiger partial charge is 0.454 e. The van der Waals surface area contributed by atoms with Crippen molar-refractivity contribution in [1.29, 1.82) is 5.26 Å². The zero-order chi connectivity index (χ0) is 23.8. The number of pyridine rings is 1. The number of aromatic nitrogens is 1. The standard InChI is InChI=1S/C27H23FN4O2/c1-31(2)27(33)18-5-3-17(4-6-18)25-14-23-26(34-25)22(9-11-30-23)19-7-8-24(20(13-19)15-29)32-12-10-21(28)16-32/h3-9,11,13-14,21H,10,12,16H2,1-2H3/t21-/m0/s1. The maximum atomic E-state index is 13.7. The second-order valence-corrected chi connectivity index (χ2v) is 8.64. The van der Waals surface area contributed by atoms with Gasteiger partial charge < -0.3 is 14.2 Å². The van der Waals surface area contributed by atoms with E-state index >= 15 is 0 Å². The summed E-state index contributed by atoms with van der Waals surface area (Å²) in [7, 11) is 3.44. The van der Waals surface area contributed by atoms with Crippen molar-refractivity contribution < 1.29 is 13.6 Å². The van der Waals surface area contributed by atoms with Crippen LogP contribution in [0.15, 0.2) is 65.2 Å². The molecule has 0 radical (unpaired) electrons. The fourth-order valence-electron chi connectivity index (χ4n) is 4.35. The minimum Gasteiger partial charge on any atom is -0.454 e. The first-order valence-corrected chi connectivity index (χ1v) is 11.1. The quantitative estimate of drug-likeness (QED) is 0.419. The number of hydrogen-bond donors (Lipinski definition) is 0. The van der Waals surface area contributed by atoms with Crippen molar-refractivity contribution in [1.82, 2.24) is 9.88 Å². The summed E-state index contributed by atoms with van der Waals surface area (Å²) in [5, 5.41) is 9.74. The van der Waals surface area contributed by atoms with Crippen molar-refractivity contribution in [2.75, 3.05) is 32.1 Å². The minimum absolute atomic E-state index is 0.0622. The lowest BCUT2D eigenvalue weighted by Gasteiger charge is -2.19. The average molecular weight is 455 g/mol. The Bertz CT molecular complexity index is 1420. The third-order valence-corrected chi connectivity index (χ3v) is 6.13. The van der Waals surface area contributed by atoms with E-state index < -0.39 is 6.17 Å². The van der Waals surface area contributed by atoms with Gasteiger partial charge in [-0.25, -0.2) is 4.39 Å². The van der Waals surface area contributed by atoms with Crippen molar-refractivity contribution in [3.63, 3.8) is 0 Å². The van der Waals surface area contributed by atoms with Crippen LogP contribution in [0.25, 0.3) is 33.6 Å². The molecular weight excluding hydrogens is 431 g/mol. The summed E-state index contributed by atoms with van der Waals surface area (Å²) in [6, 6.07) is 18.9. The van der Waals surface area contributed by atoms with Gasteiger partial charge in [0.25, 0.3) is 5.91 Å². The summed E-state index contributed by atoms with van der Waals surface area (Å²) in [6.45, 7) is 0.920. The Labute approximate surface area is 196 Å². The molecule has 0 saturated carbocycles. The fraction of sp³-hybridized carbons (Fsp3) is 0.222. The van der Waals surface area contributed by atoms with Crippen molar-refractivity contribution in [3.8, 4) is 28.5 Å². The predicted octanol–water partition coefficient (Wildman–Crippen LogP) is 5.28. The van der Waals surface area contributed by atoms with Gasteiger partial charge in [-0.15, -0.1) is 0 Å². The molecule has 5 rings (SSSR count). The average Bonchev–Trinajstić information content (AvgIpc) is 3.49. The summed E-state index contributed by atoms with van der Waals surface area (Å²) in [4.78, 5) is 20.1. The molecule has 1 aliphatic heterocycles. The number of nitrogens with zero attached hydrogens (tertiary/aromatic N) is 4. The molecule has 2 aromatic heterocycles. The van der Waals surface area contributed by atoms with Gasteiger partial charge in [0.05, 0.1) is 11.3 Å². The monoisotopic (exact) mass is 454 g/mol. The van der Waals surface area contributed by atoms with Crippen LogP contribution in [0.5, 0.6) is 0 Å². The van der Waals surface area contributed by atoms with Crippen LogP contribution in [0.2, 0.25) is 0 Å². The molecule has 1 saturated heterocycles. The number of rotatable bonds is 4. The van der Waals surface area contributed by atoms with Gasteiger partial charge in [0.1, 0.15) is 23.5 Å². The molecule has 1 fully saturated rings. The first kappa shape index (κ1) is 21.7. The van der Waals surface area contributed by atoms with E-state index in [1.165, 1.54) is 4.90 Å². The highest BCUT2D eigenvalue weighted by Gasteiger charge is 2.24. The van der Waals surface area contributed by atoms with E-state index in [4.69, 9.17) is 4.42 Å². The van der Waals surface area contributed by atoms with Gasteiger partial charge in [0, 0.05) is 56.1 Å². The van der Waals surface area contributed by atoms with Crippen LogP contribution in [0.4, 0.5) is 10.1 Å². The van der Waals surface area contributed by atoms with Crippen LogP contribution >= 0.6 is 0 Å². The SMILES string of the molecule is CN(C)C(=O)c1ccc(-c2cc3nccc(-c4ccc(N5CC[C@H](F)C5)c(C#N)c4)c3o2)cc1. The highest BCUT2D eigenvalue weighted by atomic mass is 19.1. The molecule has 4 aromatic rings. The number of furan rings is 1. The molecule has 1 aliphatic rings. The van der Waals surface area contributed by atoms with E-state index in [0.29, 0.717) is 47.5 Å². The second-order valence-electron chi connectivity index (χ2n) is 8.64. The normalized spacial score (nSPS) is 15.5. The molecule has 3 heterocycles. The van der Waals surface area contributed by atoms with E-state index in [9.17, 15) is 14.4 Å². The van der Waals surface area contributed by atoms with Crippen LogP contribution in [0.1, 0.15) is 22.3 Å². The lowest BCUT2D eigenvalue weighted by atomic mass is 10.0. The van der Waals surface area contributed by atoms with Crippen LogP contribution in [-0.2, 0) is 0 Å². The molecule has 7 heteroatoms. The Balaban J connectivity index is 1.51. The molecule has 0 bridgehead atoms. The highest BCUT2D eigenvalue weighted by Crippen LogP contribution is 2.36. The number of benzene rings is 2. The minimum atomic E-state index is -0.859. The lowest BCUT2D eigenvalue weighted by molar-refractivity contribution is 0.0827. The molecule has 170 valence electrons. The van der Waals surface area contributed by atoms with Crippen LogP contribution in [-0.4, -0.2) is 49.1 Å². The number of halogens is 1. The van der Waals surface area contributed by atoms with Crippen molar-refractivity contribution in [3.05, 3.63) is 71.9 Å². The summed E-state index contributed by atoms with van der Waals surface area (Å²) >= 11 is 0. The fourth-order valence-corrected chi connectivity index (χ4v) is 4.35. The topological polar surface area (TPSA) is 73.4 Å². The molecular formula is C27H23FN4O2. The molecule has 2 aromatic carbocycles. The number of carbonyl (C=O) groups is 1. The summed E-state index contributed by atoms with van der Waals surface area (Å²) < 4.78 is 19.9. The van der Waals surface area contributed by atoms with Crippen LogP contribution in [0.3, 0.4) is 0 Å². The maximum absolute atomic E-state index is 13.7. The molecule has 0 N–H and O–H groups in total. The summed E-state index contributed by atoms with van der Waals surface area (Å²) in [6.07, 6.45) is 1.34. The van der Waals surface area contributed by atoms with Gasteiger partial charge in [-0.05, 0) is 42.3 Å². The molecule has 0 aliphatic carbocycles. The highest BCUT2D eigenvalue weighted by molar-refractivity contribution is 5.95. The Morgan fingerprint density at radius 3 is 2.59 bits per heavy atom. The molecule has 1 amide bonds. The third kappa shape index (κ3) is 3.88. The van der Waals surface area contributed by atoms with E-state index in [1.54, 1.807) is 32.4 Å². The Kier molecular flexibility index (Phi) is 5.50. The summed E-state index contributed by atoms with van der Waals surface area (Å²) in [5.74, 6) is 0.579. The second kappa shape index (κ2) is 8.64. The van der Waals surface area contributed by atoms with Crippen LogP contribution < -0.4 is 4.90 Å². The number of carbonyl (C=O) groups excluding carboxylic acids is 1. The zero-order valence-corrected chi connectivity index (χ0v) is 19.0. The molecule has 6 nitrogen and oxygen atoms in total. The van der Waals surface area contributed by atoms with Gasteiger partial charge in [0.15, 0.2) is 5.58 Å². The van der Waals surface area contributed by atoms with Crippen molar-refractivity contribution in [2.24, 2.45) is 0 Å². The Morgan fingerprint density at radius 1 is 1.15 bits per heavy atom. The molecule has 34 heavy (non-hydrogen) atoms.